The lowest BCUT2D eigenvalue weighted by Gasteiger charge is -2.10. The Hall–Kier alpha value is -4.11. The van der Waals surface area contributed by atoms with Gasteiger partial charge in [-0.05, 0) is 24.3 Å². The number of ether oxygens (including phenoxy) is 1. The summed E-state index contributed by atoms with van der Waals surface area (Å²) in [5.74, 6) is 0.944. The van der Waals surface area contributed by atoms with E-state index in [-0.39, 0.29) is 30.9 Å². The van der Waals surface area contributed by atoms with Gasteiger partial charge >= 0.3 is 0 Å². The summed E-state index contributed by atoms with van der Waals surface area (Å²) >= 11 is 0. The van der Waals surface area contributed by atoms with Crippen LogP contribution in [0.2, 0.25) is 0 Å². The quantitative estimate of drug-likeness (QED) is 0.475. The van der Waals surface area contributed by atoms with E-state index in [1.807, 2.05) is 24.3 Å². The number of hydrogen-bond acceptors (Lipinski definition) is 8. The fraction of sp³-hybridized carbons (Fsp3) is 0.174. The Bertz CT molecular complexity index is 1220. The molecule has 4 rings (SSSR count). The van der Waals surface area contributed by atoms with Gasteiger partial charge in [0, 0.05) is 25.2 Å². The molecule has 0 bridgehead atoms. The molecular weight excluding hydrogens is 410 g/mol. The molecule has 4 aromatic rings. The van der Waals surface area contributed by atoms with Crippen molar-refractivity contribution in [3.8, 4) is 40.0 Å². The molecule has 0 aliphatic heterocycles. The maximum atomic E-state index is 12.1. The molecule has 0 fully saturated rings. The van der Waals surface area contributed by atoms with Gasteiger partial charge in [-0.2, -0.15) is 0 Å². The Kier molecular flexibility index (Phi) is 6.18. The lowest BCUT2D eigenvalue weighted by molar-refractivity contribution is 0.0827. The van der Waals surface area contributed by atoms with Crippen molar-refractivity contribution in [3.05, 3.63) is 66.5 Å². The smallest absolute Gasteiger partial charge is 0.268 e. The minimum absolute atomic E-state index is 0.0713. The van der Waals surface area contributed by atoms with Gasteiger partial charge in [-0.3, -0.25) is 9.78 Å². The highest BCUT2D eigenvalue weighted by Crippen LogP contribution is 2.31. The molecule has 162 valence electrons. The molecule has 9 heteroatoms. The Morgan fingerprint density at radius 1 is 1.00 bits per heavy atom. The van der Waals surface area contributed by atoms with Crippen LogP contribution in [0.3, 0.4) is 0 Å². The Labute approximate surface area is 184 Å². The fourth-order valence-corrected chi connectivity index (χ4v) is 3.01. The molecule has 2 heterocycles. The van der Waals surface area contributed by atoms with Gasteiger partial charge in [0.1, 0.15) is 18.1 Å². The lowest BCUT2D eigenvalue weighted by Crippen LogP contribution is -2.21. The van der Waals surface area contributed by atoms with Gasteiger partial charge in [0.25, 0.3) is 17.7 Å². The van der Waals surface area contributed by atoms with Gasteiger partial charge in [0.05, 0.1) is 30.3 Å². The van der Waals surface area contributed by atoms with E-state index >= 15 is 0 Å². The van der Waals surface area contributed by atoms with E-state index in [9.17, 15) is 4.79 Å². The number of benzene rings is 2. The van der Waals surface area contributed by atoms with Crippen LogP contribution in [0.25, 0.3) is 34.3 Å². The monoisotopic (exact) mass is 431 g/mol. The van der Waals surface area contributed by atoms with E-state index in [0.717, 1.165) is 5.56 Å². The fourth-order valence-electron chi connectivity index (χ4n) is 3.01. The normalized spacial score (nSPS) is 10.7. The van der Waals surface area contributed by atoms with Gasteiger partial charge in [-0.15, -0.1) is 10.2 Å². The summed E-state index contributed by atoms with van der Waals surface area (Å²) in [5, 5.41) is 17.2. The summed E-state index contributed by atoms with van der Waals surface area (Å²) in [5.41, 5.74) is 3.04. The van der Waals surface area contributed by atoms with Gasteiger partial charge < -0.3 is 19.2 Å². The van der Waals surface area contributed by atoms with Crippen molar-refractivity contribution in [1.82, 2.24) is 25.1 Å². The molecule has 0 saturated heterocycles. The number of carbonyl (C=O) groups is 1. The average molecular weight is 431 g/mol. The number of carbonyl (C=O) groups excluding carboxylic acids is 1. The zero-order valence-corrected chi connectivity index (χ0v) is 17.6. The van der Waals surface area contributed by atoms with Crippen LogP contribution in [-0.4, -0.2) is 63.4 Å². The SMILES string of the molecule is CN(C)C(=O)c1ccc(-c2cncc(-c3nnc(-c4ccccc4OCCO)o3)n2)cc1. The molecule has 32 heavy (non-hydrogen) atoms. The van der Waals surface area contributed by atoms with Crippen molar-refractivity contribution < 1.29 is 19.1 Å². The van der Waals surface area contributed by atoms with Gasteiger partial charge in [-0.25, -0.2) is 4.98 Å². The number of hydrogen-bond donors (Lipinski definition) is 1. The summed E-state index contributed by atoms with van der Waals surface area (Å²) < 4.78 is 11.4. The third-order valence-electron chi connectivity index (χ3n) is 4.58. The molecule has 1 amide bonds. The zero-order chi connectivity index (χ0) is 22.5. The molecule has 0 atom stereocenters. The summed E-state index contributed by atoms with van der Waals surface area (Å²) in [4.78, 5) is 22.4. The van der Waals surface area contributed by atoms with Crippen LogP contribution < -0.4 is 4.74 Å². The van der Waals surface area contributed by atoms with Crippen LogP contribution in [0.15, 0.2) is 65.3 Å². The molecule has 2 aromatic carbocycles. The summed E-state index contributed by atoms with van der Waals surface area (Å²) in [6, 6.07) is 14.3. The van der Waals surface area contributed by atoms with Crippen molar-refractivity contribution in [2.45, 2.75) is 0 Å². The number of aliphatic hydroxyl groups excluding tert-OH is 1. The van der Waals surface area contributed by atoms with Crippen LogP contribution in [0, 0.1) is 0 Å². The molecule has 0 unspecified atom stereocenters. The molecule has 0 saturated carbocycles. The van der Waals surface area contributed by atoms with Crippen molar-refractivity contribution in [2.75, 3.05) is 27.3 Å². The maximum absolute atomic E-state index is 12.1. The first kappa shape index (κ1) is 21.1. The largest absolute Gasteiger partial charge is 0.490 e. The van der Waals surface area contributed by atoms with Crippen LogP contribution in [0.5, 0.6) is 5.75 Å². The van der Waals surface area contributed by atoms with E-state index in [1.165, 1.54) is 4.90 Å². The Morgan fingerprint density at radius 2 is 1.72 bits per heavy atom. The Morgan fingerprint density at radius 3 is 2.47 bits per heavy atom. The standard InChI is InChI=1S/C23H21N5O4/c1-28(2)23(30)16-9-7-15(8-10-16)18-13-24-14-19(25-18)22-27-26-21(32-22)17-5-3-4-6-20(17)31-12-11-29/h3-10,13-14,29H,11-12H2,1-2H3. The molecule has 1 N–H and O–H groups in total. The highest BCUT2D eigenvalue weighted by Gasteiger charge is 2.16. The predicted molar refractivity (Wildman–Crippen MR) is 117 cm³/mol. The highest BCUT2D eigenvalue weighted by atomic mass is 16.5. The van der Waals surface area contributed by atoms with Crippen molar-refractivity contribution in [2.24, 2.45) is 0 Å². The zero-order valence-electron chi connectivity index (χ0n) is 17.6. The first-order chi connectivity index (χ1) is 15.6. The number of amides is 1. The molecule has 0 radical (unpaired) electrons. The van der Waals surface area contributed by atoms with Crippen LogP contribution in [-0.2, 0) is 0 Å². The average Bonchev–Trinajstić information content (AvgIpc) is 3.33. The highest BCUT2D eigenvalue weighted by molar-refractivity contribution is 5.94. The first-order valence-corrected chi connectivity index (χ1v) is 9.88. The second-order valence-corrected chi connectivity index (χ2v) is 7.05. The van der Waals surface area contributed by atoms with Gasteiger partial charge in [0.15, 0.2) is 0 Å². The number of para-hydroxylation sites is 1. The van der Waals surface area contributed by atoms with Gasteiger partial charge in [-0.1, -0.05) is 24.3 Å². The summed E-state index contributed by atoms with van der Waals surface area (Å²) in [7, 11) is 3.42. The molecule has 2 aromatic heterocycles. The number of rotatable bonds is 7. The predicted octanol–water partition coefficient (Wildman–Crippen LogP) is 2.93. The molecule has 0 spiro atoms. The van der Waals surface area contributed by atoms with E-state index in [1.54, 1.807) is 50.8 Å². The first-order valence-electron chi connectivity index (χ1n) is 9.88. The number of aliphatic hydroxyl groups is 1. The topological polar surface area (TPSA) is 114 Å². The van der Waals surface area contributed by atoms with Gasteiger partial charge in [0.2, 0.25) is 0 Å². The number of aromatic nitrogens is 4. The lowest BCUT2D eigenvalue weighted by atomic mass is 10.1. The van der Waals surface area contributed by atoms with E-state index in [2.05, 4.69) is 20.2 Å². The van der Waals surface area contributed by atoms with Crippen molar-refractivity contribution in [3.63, 3.8) is 0 Å². The minimum Gasteiger partial charge on any atom is -0.490 e. The van der Waals surface area contributed by atoms with Crippen molar-refractivity contribution >= 4 is 5.91 Å². The molecule has 0 aliphatic rings. The second-order valence-electron chi connectivity index (χ2n) is 7.05. The molecule has 0 aliphatic carbocycles. The third kappa shape index (κ3) is 4.47. The summed E-state index contributed by atoms with van der Waals surface area (Å²) in [6.45, 7) is 0.0561. The van der Waals surface area contributed by atoms with E-state index in [4.69, 9.17) is 14.3 Å². The van der Waals surface area contributed by atoms with Crippen LogP contribution in [0.1, 0.15) is 10.4 Å². The van der Waals surface area contributed by atoms with Crippen LogP contribution in [0.4, 0.5) is 0 Å². The van der Waals surface area contributed by atoms with E-state index < -0.39 is 0 Å². The maximum Gasteiger partial charge on any atom is 0.268 e. The summed E-state index contributed by atoms with van der Waals surface area (Å²) in [6.07, 6.45) is 3.17. The van der Waals surface area contributed by atoms with Crippen LogP contribution >= 0.6 is 0 Å². The second kappa shape index (κ2) is 9.36. The molecular formula is C23H21N5O4. The molecule has 9 nitrogen and oxygen atoms in total. The third-order valence-corrected chi connectivity index (χ3v) is 4.58. The van der Waals surface area contributed by atoms with Crippen molar-refractivity contribution in [1.29, 1.82) is 0 Å². The Balaban J connectivity index is 1.60. The minimum atomic E-state index is -0.101. The number of nitrogens with zero attached hydrogens (tertiary/aromatic N) is 5. The van der Waals surface area contributed by atoms with E-state index in [0.29, 0.717) is 28.3 Å².